The van der Waals surface area contributed by atoms with Crippen molar-refractivity contribution in [1.82, 2.24) is 9.55 Å². The summed E-state index contributed by atoms with van der Waals surface area (Å²) in [5.41, 5.74) is 4.95. The van der Waals surface area contributed by atoms with E-state index in [-0.39, 0.29) is 22.8 Å². The Morgan fingerprint density at radius 2 is 2.15 bits per heavy atom. The number of rotatable bonds is 5. The van der Waals surface area contributed by atoms with Crippen molar-refractivity contribution in [2.45, 2.75) is 31.7 Å². The minimum absolute atomic E-state index is 0.0238. The van der Waals surface area contributed by atoms with Crippen LogP contribution in [0.4, 0.5) is 10.2 Å². The van der Waals surface area contributed by atoms with Gasteiger partial charge in [0.25, 0.3) is 0 Å². The first-order valence-electron chi connectivity index (χ1n) is 8.93. The minimum atomic E-state index is -1.31. The van der Waals surface area contributed by atoms with Crippen molar-refractivity contribution < 1.29 is 14.3 Å². The van der Waals surface area contributed by atoms with Crippen molar-refractivity contribution in [3.8, 4) is 0 Å². The summed E-state index contributed by atoms with van der Waals surface area (Å²) in [4.78, 5) is 30.2. The highest BCUT2D eigenvalue weighted by molar-refractivity contribution is 5.92. The van der Waals surface area contributed by atoms with Crippen molar-refractivity contribution in [3.63, 3.8) is 0 Å². The molecule has 138 valence electrons. The summed E-state index contributed by atoms with van der Waals surface area (Å²) in [6, 6.07) is 1.26. The van der Waals surface area contributed by atoms with Gasteiger partial charge >= 0.3 is 5.97 Å². The van der Waals surface area contributed by atoms with Gasteiger partial charge in [0.2, 0.25) is 5.43 Å². The summed E-state index contributed by atoms with van der Waals surface area (Å²) in [5, 5.41) is 9.31. The number of aromatic nitrogens is 2. The highest BCUT2D eigenvalue weighted by Crippen LogP contribution is 2.37. The fraction of sp³-hybridized carbons (Fsp3) is 0.500. The second kappa shape index (κ2) is 6.35. The molecule has 1 aliphatic heterocycles. The standard InChI is InChI=1S/C18H21FN4O3/c19-14-7-12-15(24)13(18(25)26)9-23(11-1-2-11)16(12)21-17(14)22-6-4-10(8-22)3-5-20/h7,9-11H,1-6,8,20H2,(H,25,26). The van der Waals surface area contributed by atoms with Gasteiger partial charge in [-0.2, -0.15) is 0 Å². The lowest BCUT2D eigenvalue weighted by Gasteiger charge is -2.20. The van der Waals surface area contributed by atoms with E-state index in [1.165, 1.54) is 6.20 Å². The quantitative estimate of drug-likeness (QED) is 0.842. The summed E-state index contributed by atoms with van der Waals surface area (Å²) in [6.07, 6.45) is 4.96. The van der Waals surface area contributed by atoms with Crippen LogP contribution in [0.2, 0.25) is 0 Å². The molecule has 2 aliphatic rings. The second-order valence-electron chi connectivity index (χ2n) is 7.16. The highest BCUT2D eigenvalue weighted by atomic mass is 19.1. The van der Waals surface area contributed by atoms with Gasteiger partial charge in [0, 0.05) is 25.3 Å². The minimum Gasteiger partial charge on any atom is -0.477 e. The molecule has 1 saturated heterocycles. The number of nitrogens with two attached hydrogens (primary N) is 1. The van der Waals surface area contributed by atoms with Crippen LogP contribution in [-0.4, -0.2) is 40.3 Å². The summed E-state index contributed by atoms with van der Waals surface area (Å²) in [5.74, 6) is -1.25. The Bertz CT molecular complexity index is 938. The van der Waals surface area contributed by atoms with Gasteiger partial charge in [-0.25, -0.2) is 14.2 Å². The Kier molecular flexibility index (Phi) is 4.14. The molecule has 8 heteroatoms. The topological polar surface area (TPSA) is 101 Å². The third kappa shape index (κ3) is 2.84. The second-order valence-corrected chi connectivity index (χ2v) is 7.16. The lowest BCUT2D eigenvalue weighted by molar-refractivity contribution is 0.0695. The molecule has 0 spiro atoms. The van der Waals surface area contributed by atoms with Crippen molar-refractivity contribution >= 4 is 22.8 Å². The van der Waals surface area contributed by atoms with E-state index in [1.807, 2.05) is 4.90 Å². The number of nitrogens with zero attached hydrogens (tertiary/aromatic N) is 3. The van der Waals surface area contributed by atoms with Crippen LogP contribution in [0.3, 0.4) is 0 Å². The predicted octanol–water partition coefficient (Wildman–Crippen LogP) is 1.74. The van der Waals surface area contributed by atoms with Crippen LogP contribution in [0, 0.1) is 11.7 Å². The molecule has 1 atom stereocenters. The molecule has 1 aliphatic carbocycles. The summed E-state index contributed by atoms with van der Waals surface area (Å²) < 4.78 is 16.4. The molecule has 4 rings (SSSR count). The molecule has 1 saturated carbocycles. The summed E-state index contributed by atoms with van der Waals surface area (Å²) >= 11 is 0. The number of halogens is 1. The molecule has 1 unspecified atom stereocenters. The van der Waals surface area contributed by atoms with Gasteiger partial charge in [-0.15, -0.1) is 0 Å². The first-order chi connectivity index (χ1) is 12.5. The van der Waals surface area contributed by atoms with Gasteiger partial charge in [-0.05, 0) is 44.2 Å². The van der Waals surface area contributed by atoms with Gasteiger partial charge in [0.15, 0.2) is 11.6 Å². The monoisotopic (exact) mass is 360 g/mol. The van der Waals surface area contributed by atoms with E-state index < -0.39 is 17.2 Å². The zero-order valence-electron chi connectivity index (χ0n) is 14.3. The number of aromatic carboxylic acids is 1. The third-order valence-electron chi connectivity index (χ3n) is 5.27. The van der Waals surface area contributed by atoms with Crippen LogP contribution in [0.1, 0.15) is 42.1 Å². The molecule has 0 bridgehead atoms. The average molecular weight is 360 g/mol. The Hall–Kier alpha value is -2.48. The van der Waals surface area contributed by atoms with Crippen molar-refractivity contribution in [2.75, 3.05) is 24.5 Å². The smallest absolute Gasteiger partial charge is 0.341 e. The number of carboxylic acids is 1. The first-order valence-corrected chi connectivity index (χ1v) is 8.93. The zero-order valence-corrected chi connectivity index (χ0v) is 14.3. The lowest BCUT2D eigenvalue weighted by atomic mass is 10.1. The molecule has 2 fully saturated rings. The van der Waals surface area contributed by atoms with Gasteiger partial charge in [-0.3, -0.25) is 4.79 Å². The van der Waals surface area contributed by atoms with E-state index in [1.54, 1.807) is 4.57 Å². The number of pyridine rings is 2. The number of hydrogen-bond donors (Lipinski definition) is 2. The molecule has 0 amide bonds. The van der Waals surface area contributed by atoms with E-state index in [4.69, 9.17) is 5.73 Å². The van der Waals surface area contributed by atoms with E-state index in [0.717, 1.165) is 31.7 Å². The molecule has 7 nitrogen and oxygen atoms in total. The highest BCUT2D eigenvalue weighted by Gasteiger charge is 2.30. The lowest BCUT2D eigenvalue weighted by Crippen LogP contribution is -2.25. The molecular formula is C18H21FN4O3. The Morgan fingerprint density at radius 1 is 1.38 bits per heavy atom. The molecule has 3 N–H and O–H groups in total. The van der Waals surface area contributed by atoms with Crippen LogP contribution >= 0.6 is 0 Å². The first kappa shape index (κ1) is 17.0. The Balaban J connectivity index is 1.84. The van der Waals surface area contributed by atoms with Crippen LogP contribution in [0.25, 0.3) is 11.0 Å². The van der Waals surface area contributed by atoms with Gasteiger partial charge in [-0.1, -0.05) is 0 Å². The van der Waals surface area contributed by atoms with Crippen LogP contribution in [0.5, 0.6) is 0 Å². The molecule has 2 aromatic rings. The van der Waals surface area contributed by atoms with Crippen LogP contribution in [0.15, 0.2) is 17.1 Å². The summed E-state index contributed by atoms with van der Waals surface area (Å²) in [6.45, 7) is 1.99. The Morgan fingerprint density at radius 3 is 2.81 bits per heavy atom. The maximum atomic E-state index is 14.7. The zero-order chi connectivity index (χ0) is 18.4. The van der Waals surface area contributed by atoms with Crippen LogP contribution < -0.4 is 16.1 Å². The number of fused-ring (bicyclic) bond motifs is 1. The van der Waals surface area contributed by atoms with Gasteiger partial charge in [0.05, 0.1) is 5.39 Å². The maximum absolute atomic E-state index is 14.7. The van der Waals surface area contributed by atoms with E-state index in [0.29, 0.717) is 31.2 Å². The molecule has 2 aromatic heterocycles. The fourth-order valence-electron chi connectivity index (χ4n) is 3.74. The number of carboxylic acid groups (broad SMARTS) is 1. The van der Waals surface area contributed by atoms with Gasteiger partial charge < -0.3 is 20.3 Å². The van der Waals surface area contributed by atoms with Gasteiger partial charge in [0.1, 0.15) is 11.2 Å². The van der Waals surface area contributed by atoms with E-state index >= 15 is 0 Å². The largest absolute Gasteiger partial charge is 0.477 e. The number of carbonyl (C=O) groups is 1. The van der Waals surface area contributed by atoms with E-state index in [9.17, 15) is 19.1 Å². The Labute approximate surface area is 149 Å². The third-order valence-corrected chi connectivity index (χ3v) is 5.27. The number of anilines is 1. The van der Waals surface area contributed by atoms with Crippen LogP contribution in [-0.2, 0) is 0 Å². The molecule has 0 aromatic carbocycles. The molecule has 0 radical (unpaired) electrons. The average Bonchev–Trinajstić information content (AvgIpc) is 3.34. The molecular weight excluding hydrogens is 339 g/mol. The van der Waals surface area contributed by atoms with Crippen molar-refractivity contribution in [3.05, 3.63) is 33.9 Å². The van der Waals surface area contributed by atoms with E-state index in [2.05, 4.69) is 4.98 Å². The molecule has 26 heavy (non-hydrogen) atoms. The maximum Gasteiger partial charge on any atom is 0.341 e. The number of hydrogen-bond acceptors (Lipinski definition) is 5. The SMILES string of the molecule is NCCC1CCN(c2nc3c(cc2F)c(=O)c(C(=O)O)cn3C2CC2)C1. The van der Waals surface area contributed by atoms with Crippen molar-refractivity contribution in [2.24, 2.45) is 11.7 Å². The fourth-order valence-corrected chi connectivity index (χ4v) is 3.74. The predicted molar refractivity (Wildman–Crippen MR) is 95.2 cm³/mol. The van der Waals surface area contributed by atoms with Crippen molar-refractivity contribution in [1.29, 1.82) is 0 Å². The normalized spacial score (nSPS) is 20.1. The summed E-state index contributed by atoms with van der Waals surface area (Å²) in [7, 11) is 0. The molecule has 3 heterocycles.